The van der Waals surface area contributed by atoms with E-state index in [1.807, 2.05) is 12.1 Å². The molecule has 2 aromatic carbocycles. The van der Waals surface area contributed by atoms with Crippen LogP contribution in [0.1, 0.15) is 30.0 Å². The number of nitrogens with one attached hydrogen (secondary N) is 1. The van der Waals surface area contributed by atoms with Gasteiger partial charge in [-0.1, -0.05) is 12.1 Å². The third-order valence-corrected chi connectivity index (χ3v) is 5.15. The maximum absolute atomic E-state index is 5.76. The van der Waals surface area contributed by atoms with E-state index in [9.17, 15) is 0 Å². The summed E-state index contributed by atoms with van der Waals surface area (Å²) in [6.07, 6.45) is 2.54. The first-order valence-corrected chi connectivity index (χ1v) is 9.38. The summed E-state index contributed by atoms with van der Waals surface area (Å²) in [6, 6.07) is 12.8. The Kier molecular flexibility index (Phi) is 4.09. The van der Waals surface area contributed by atoms with Crippen molar-refractivity contribution in [3.63, 3.8) is 0 Å². The fourth-order valence-electron chi connectivity index (χ4n) is 3.67. The van der Waals surface area contributed by atoms with Crippen LogP contribution in [-0.2, 0) is 6.54 Å². The van der Waals surface area contributed by atoms with Crippen LogP contribution in [0.4, 0.5) is 0 Å². The van der Waals surface area contributed by atoms with Gasteiger partial charge in [-0.05, 0) is 54.2 Å². The lowest BCUT2D eigenvalue weighted by Gasteiger charge is -2.23. The summed E-state index contributed by atoms with van der Waals surface area (Å²) >= 11 is 0. The van der Waals surface area contributed by atoms with Gasteiger partial charge in [0.25, 0.3) is 0 Å². The van der Waals surface area contributed by atoms with E-state index in [-0.39, 0.29) is 0 Å². The smallest absolute Gasteiger partial charge is 0.161 e. The van der Waals surface area contributed by atoms with Crippen LogP contribution in [-0.4, -0.2) is 26.4 Å². The highest BCUT2D eigenvalue weighted by molar-refractivity contribution is 5.46. The second-order valence-electron chi connectivity index (χ2n) is 7.08. The molecule has 0 radical (unpaired) electrons. The number of benzene rings is 2. The molecule has 1 unspecified atom stereocenters. The Morgan fingerprint density at radius 2 is 1.38 bits per heavy atom. The summed E-state index contributed by atoms with van der Waals surface area (Å²) in [5, 5.41) is 3.74. The molecule has 0 aromatic heterocycles. The molecular formula is C21H23NO4. The topological polar surface area (TPSA) is 49.0 Å². The highest BCUT2D eigenvalue weighted by Gasteiger charge is 2.32. The molecule has 0 saturated heterocycles. The van der Waals surface area contributed by atoms with E-state index >= 15 is 0 Å². The Morgan fingerprint density at radius 1 is 0.769 bits per heavy atom. The molecule has 2 aromatic rings. The minimum atomic E-state index is 0.332. The van der Waals surface area contributed by atoms with E-state index in [2.05, 4.69) is 29.6 Å². The summed E-state index contributed by atoms with van der Waals surface area (Å²) < 4.78 is 22.7. The first-order valence-electron chi connectivity index (χ1n) is 9.38. The fourth-order valence-corrected chi connectivity index (χ4v) is 3.67. The molecule has 1 fully saturated rings. The van der Waals surface area contributed by atoms with Crippen LogP contribution in [0, 0.1) is 5.92 Å². The Hall–Kier alpha value is -2.40. The minimum absolute atomic E-state index is 0.332. The lowest BCUT2D eigenvalue weighted by atomic mass is 10.0. The number of fused-ring (bicyclic) bond motifs is 2. The van der Waals surface area contributed by atoms with E-state index < -0.39 is 0 Å². The van der Waals surface area contributed by atoms with Crippen LogP contribution in [0.5, 0.6) is 23.0 Å². The third-order valence-electron chi connectivity index (χ3n) is 5.15. The molecule has 0 bridgehead atoms. The molecule has 5 nitrogen and oxygen atoms in total. The molecule has 1 atom stereocenters. The SMILES string of the molecule is c1cc2c(cc1CNC(c1ccc3c(c1)OCCO3)C1CC1)OCCO2. The molecule has 1 saturated carbocycles. The van der Waals surface area contributed by atoms with Gasteiger partial charge < -0.3 is 24.3 Å². The minimum Gasteiger partial charge on any atom is -0.486 e. The highest BCUT2D eigenvalue weighted by atomic mass is 16.6. The number of hydrogen-bond donors (Lipinski definition) is 1. The summed E-state index contributed by atoms with van der Waals surface area (Å²) in [5.74, 6) is 4.08. The molecular weight excluding hydrogens is 330 g/mol. The van der Waals surface area contributed by atoms with E-state index in [4.69, 9.17) is 18.9 Å². The summed E-state index contributed by atoms with van der Waals surface area (Å²) in [7, 11) is 0. The van der Waals surface area contributed by atoms with Crippen molar-refractivity contribution in [2.24, 2.45) is 5.92 Å². The predicted octanol–water partition coefficient (Wildman–Crippen LogP) is 3.47. The van der Waals surface area contributed by atoms with Gasteiger partial charge >= 0.3 is 0 Å². The number of rotatable bonds is 5. The van der Waals surface area contributed by atoms with Gasteiger partial charge in [-0.3, -0.25) is 0 Å². The van der Waals surface area contributed by atoms with Gasteiger partial charge in [0, 0.05) is 12.6 Å². The van der Waals surface area contributed by atoms with Crippen molar-refractivity contribution in [2.45, 2.75) is 25.4 Å². The van der Waals surface area contributed by atoms with Gasteiger partial charge in [0.15, 0.2) is 23.0 Å². The molecule has 5 rings (SSSR count). The van der Waals surface area contributed by atoms with Gasteiger partial charge in [-0.15, -0.1) is 0 Å². The zero-order valence-corrected chi connectivity index (χ0v) is 14.7. The largest absolute Gasteiger partial charge is 0.486 e. The van der Waals surface area contributed by atoms with Gasteiger partial charge in [0.1, 0.15) is 26.4 Å². The summed E-state index contributed by atoms with van der Waals surface area (Å²) in [5.41, 5.74) is 2.48. The lowest BCUT2D eigenvalue weighted by molar-refractivity contribution is 0.171. The number of ether oxygens (including phenoxy) is 4. The summed E-state index contributed by atoms with van der Waals surface area (Å²) in [6.45, 7) is 3.28. The molecule has 1 N–H and O–H groups in total. The van der Waals surface area contributed by atoms with E-state index in [1.54, 1.807) is 0 Å². The Labute approximate surface area is 153 Å². The molecule has 3 aliphatic rings. The van der Waals surface area contributed by atoms with Crippen molar-refractivity contribution in [2.75, 3.05) is 26.4 Å². The van der Waals surface area contributed by atoms with Crippen LogP contribution in [0.25, 0.3) is 0 Å². The normalized spacial score (nSPS) is 19.1. The first kappa shape index (κ1) is 15.8. The van der Waals surface area contributed by atoms with E-state index in [1.165, 1.54) is 24.0 Å². The molecule has 0 spiro atoms. The molecule has 1 aliphatic carbocycles. The standard InChI is InChI=1S/C21H23NO4/c1-5-17-19(25-9-7-23-17)11-14(1)13-22-21(15-2-3-15)16-4-6-18-20(12-16)26-10-8-24-18/h1,4-6,11-12,15,21-22H,2-3,7-10,13H2. The van der Waals surface area contributed by atoms with Crippen molar-refractivity contribution in [1.29, 1.82) is 0 Å². The van der Waals surface area contributed by atoms with Crippen molar-refractivity contribution < 1.29 is 18.9 Å². The monoisotopic (exact) mass is 353 g/mol. The van der Waals surface area contributed by atoms with Crippen LogP contribution >= 0.6 is 0 Å². The van der Waals surface area contributed by atoms with Crippen molar-refractivity contribution in [3.05, 3.63) is 47.5 Å². The Morgan fingerprint density at radius 3 is 2.08 bits per heavy atom. The lowest BCUT2D eigenvalue weighted by Crippen LogP contribution is -2.23. The van der Waals surface area contributed by atoms with Crippen molar-refractivity contribution in [1.82, 2.24) is 5.32 Å². The molecule has 0 amide bonds. The van der Waals surface area contributed by atoms with Crippen LogP contribution < -0.4 is 24.3 Å². The first-order chi connectivity index (χ1) is 12.9. The number of hydrogen-bond acceptors (Lipinski definition) is 5. The van der Waals surface area contributed by atoms with Gasteiger partial charge in [-0.25, -0.2) is 0 Å². The van der Waals surface area contributed by atoms with Crippen molar-refractivity contribution in [3.8, 4) is 23.0 Å². The highest BCUT2D eigenvalue weighted by Crippen LogP contribution is 2.43. The quantitative estimate of drug-likeness (QED) is 0.892. The van der Waals surface area contributed by atoms with Gasteiger partial charge in [0.05, 0.1) is 0 Å². The van der Waals surface area contributed by atoms with E-state index in [0.717, 1.165) is 29.5 Å². The summed E-state index contributed by atoms with van der Waals surface area (Å²) in [4.78, 5) is 0. The van der Waals surface area contributed by atoms with Crippen LogP contribution in [0.2, 0.25) is 0 Å². The Bertz CT molecular complexity index is 803. The zero-order valence-electron chi connectivity index (χ0n) is 14.7. The van der Waals surface area contributed by atoms with Gasteiger partial charge in [-0.2, -0.15) is 0 Å². The molecule has 26 heavy (non-hydrogen) atoms. The second kappa shape index (κ2) is 6.72. The van der Waals surface area contributed by atoms with Crippen molar-refractivity contribution >= 4 is 0 Å². The van der Waals surface area contributed by atoms with E-state index in [0.29, 0.717) is 38.4 Å². The molecule has 2 heterocycles. The van der Waals surface area contributed by atoms with Crippen LogP contribution in [0.15, 0.2) is 36.4 Å². The molecule has 2 aliphatic heterocycles. The fraction of sp³-hybridized carbons (Fsp3) is 0.429. The van der Waals surface area contributed by atoms with Gasteiger partial charge in [0.2, 0.25) is 0 Å². The van der Waals surface area contributed by atoms with Crippen LogP contribution in [0.3, 0.4) is 0 Å². The maximum atomic E-state index is 5.76. The third kappa shape index (κ3) is 3.19. The average molecular weight is 353 g/mol. The average Bonchev–Trinajstić information content (AvgIpc) is 3.53. The second-order valence-corrected chi connectivity index (χ2v) is 7.08. The zero-order chi connectivity index (χ0) is 17.3. The molecule has 5 heteroatoms. The Balaban J connectivity index is 1.32. The predicted molar refractivity (Wildman–Crippen MR) is 97.2 cm³/mol. The maximum Gasteiger partial charge on any atom is 0.161 e. The molecule has 136 valence electrons.